The summed E-state index contributed by atoms with van der Waals surface area (Å²) >= 11 is 0. The quantitative estimate of drug-likeness (QED) is 0.661. The highest BCUT2D eigenvalue weighted by Gasteiger charge is 2.43. The predicted molar refractivity (Wildman–Crippen MR) is 46.5 cm³/mol. The van der Waals surface area contributed by atoms with Crippen LogP contribution in [0.5, 0.6) is 0 Å². The first-order valence-electron chi connectivity index (χ1n) is 4.74. The average Bonchev–Trinajstić information content (AvgIpc) is 2.74. The Morgan fingerprint density at radius 2 is 2.25 bits per heavy atom. The largest absolute Gasteiger partial charge is 0.342 e. The summed E-state index contributed by atoms with van der Waals surface area (Å²) in [6.07, 6.45) is 4.22. The van der Waals surface area contributed by atoms with Crippen LogP contribution in [-0.2, 0) is 4.79 Å². The zero-order valence-corrected chi connectivity index (χ0v) is 7.38. The van der Waals surface area contributed by atoms with Crippen molar-refractivity contribution in [2.45, 2.75) is 25.7 Å². The second-order valence-electron chi connectivity index (χ2n) is 4.12. The van der Waals surface area contributed by atoms with Crippen LogP contribution in [0.3, 0.4) is 0 Å². The topological polar surface area (TPSA) is 46.3 Å². The van der Waals surface area contributed by atoms with Gasteiger partial charge >= 0.3 is 0 Å². The molecule has 0 spiro atoms. The smallest absolute Gasteiger partial charge is 0.222 e. The summed E-state index contributed by atoms with van der Waals surface area (Å²) in [5, 5.41) is 0. The summed E-state index contributed by atoms with van der Waals surface area (Å²) in [7, 11) is 0. The average molecular weight is 168 g/mol. The van der Waals surface area contributed by atoms with Crippen LogP contribution in [0.1, 0.15) is 25.7 Å². The molecule has 1 aliphatic carbocycles. The Balaban J connectivity index is 1.90. The highest BCUT2D eigenvalue weighted by molar-refractivity contribution is 5.78. The van der Waals surface area contributed by atoms with E-state index in [-0.39, 0.29) is 0 Å². The Kier molecular flexibility index (Phi) is 1.83. The maximum Gasteiger partial charge on any atom is 0.222 e. The van der Waals surface area contributed by atoms with Gasteiger partial charge in [-0.2, -0.15) is 0 Å². The van der Waals surface area contributed by atoms with Crippen LogP contribution in [0.2, 0.25) is 0 Å². The maximum atomic E-state index is 11.3. The van der Waals surface area contributed by atoms with E-state index in [0.717, 1.165) is 32.5 Å². The van der Waals surface area contributed by atoms with E-state index in [1.165, 1.54) is 12.8 Å². The van der Waals surface area contributed by atoms with Crippen molar-refractivity contribution in [2.75, 3.05) is 19.6 Å². The fourth-order valence-electron chi connectivity index (χ4n) is 1.88. The highest BCUT2D eigenvalue weighted by Crippen LogP contribution is 2.45. The van der Waals surface area contributed by atoms with Crippen LogP contribution in [0.4, 0.5) is 0 Å². The van der Waals surface area contributed by atoms with Gasteiger partial charge in [-0.3, -0.25) is 4.79 Å². The van der Waals surface area contributed by atoms with Crippen LogP contribution in [-0.4, -0.2) is 30.4 Å². The summed E-state index contributed by atoms with van der Waals surface area (Å²) in [5.41, 5.74) is 5.97. The van der Waals surface area contributed by atoms with Crippen molar-refractivity contribution in [1.29, 1.82) is 0 Å². The van der Waals surface area contributed by atoms with Crippen molar-refractivity contribution >= 4 is 5.91 Å². The summed E-state index contributed by atoms with van der Waals surface area (Å²) in [6.45, 7) is 2.62. The third-order valence-electron chi connectivity index (χ3n) is 3.09. The van der Waals surface area contributed by atoms with Gasteiger partial charge in [-0.05, 0) is 25.8 Å². The lowest BCUT2D eigenvalue weighted by molar-refractivity contribution is -0.128. The lowest BCUT2D eigenvalue weighted by atomic mass is 10.1. The first-order chi connectivity index (χ1) is 5.76. The molecule has 1 saturated carbocycles. The molecule has 0 unspecified atom stereocenters. The van der Waals surface area contributed by atoms with Crippen LogP contribution >= 0.6 is 0 Å². The van der Waals surface area contributed by atoms with E-state index in [9.17, 15) is 4.79 Å². The third-order valence-corrected chi connectivity index (χ3v) is 3.09. The van der Waals surface area contributed by atoms with Gasteiger partial charge in [-0.25, -0.2) is 0 Å². The Hall–Kier alpha value is -0.570. The van der Waals surface area contributed by atoms with Crippen molar-refractivity contribution in [2.24, 2.45) is 11.1 Å². The van der Waals surface area contributed by atoms with Crippen LogP contribution < -0.4 is 5.73 Å². The van der Waals surface area contributed by atoms with Crippen LogP contribution in [0.25, 0.3) is 0 Å². The minimum Gasteiger partial charge on any atom is -0.342 e. The van der Waals surface area contributed by atoms with Crippen LogP contribution in [0.15, 0.2) is 0 Å². The molecule has 2 rings (SSSR count). The molecule has 0 atom stereocenters. The van der Waals surface area contributed by atoms with E-state index in [4.69, 9.17) is 5.73 Å². The molecular formula is C9H16N2O. The van der Waals surface area contributed by atoms with Gasteiger partial charge in [0.2, 0.25) is 5.91 Å². The molecule has 0 radical (unpaired) electrons. The molecule has 12 heavy (non-hydrogen) atoms. The number of carbonyl (C=O) groups excluding carboxylic acids is 1. The summed E-state index contributed by atoms with van der Waals surface area (Å²) in [5.74, 6) is 0.328. The molecule has 0 aromatic heterocycles. The summed E-state index contributed by atoms with van der Waals surface area (Å²) in [6, 6.07) is 0. The van der Waals surface area contributed by atoms with Gasteiger partial charge in [0.1, 0.15) is 0 Å². The SMILES string of the molecule is NCC1(CN2CCCC2=O)CC1. The maximum absolute atomic E-state index is 11.3. The number of hydrogen-bond acceptors (Lipinski definition) is 2. The molecule has 68 valence electrons. The van der Waals surface area contributed by atoms with Gasteiger partial charge in [0.15, 0.2) is 0 Å². The fraction of sp³-hybridized carbons (Fsp3) is 0.889. The Bertz CT molecular complexity index is 199. The molecule has 1 saturated heterocycles. The monoisotopic (exact) mass is 168 g/mol. The summed E-state index contributed by atoms with van der Waals surface area (Å²) < 4.78 is 0. The van der Waals surface area contributed by atoms with Crippen molar-refractivity contribution < 1.29 is 4.79 Å². The van der Waals surface area contributed by atoms with E-state index >= 15 is 0 Å². The molecule has 1 amide bonds. The van der Waals surface area contributed by atoms with Gasteiger partial charge in [0.25, 0.3) is 0 Å². The Morgan fingerprint density at radius 3 is 2.67 bits per heavy atom. The van der Waals surface area contributed by atoms with Gasteiger partial charge < -0.3 is 10.6 Å². The molecule has 0 aromatic rings. The van der Waals surface area contributed by atoms with Gasteiger partial charge in [-0.15, -0.1) is 0 Å². The number of rotatable bonds is 3. The predicted octanol–water partition coefficient (Wildman–Crippen LogP) is 0.348. The van der Waals surface area contributed by atoms with Crippen molar-refractivity contribution in [1.82, 2.24) is 4.90 Å². The van der Waals surface area contributed by atoms with E-state index in [0.29, 0.717) is 11.3 Å². The van der Waals surface area contributed by atoms with E-state index in [1.54, 1.807) is 0 Å². The van der Waals surface area contributed by atoms with E-state index in [2.05, 4.69) is 0 Å². The Labute approximate surface area is 72.9 Å². The van der Waals surface area contributed by atoms with Crippen molar-refractivity contribution in [3.63, 3.8) is 0 Å². The summed E-state index contributed by atoms with van der Waals surface area (Å²) in [4.78, 5) is 13.3. The zero-order valence-electron chi connectivity index (χ0n) is 7.38. The number of likely N-dealkylation sites (tertiary alicyclic amines) is 1. The van der Waals surface area contributed by atoms with Crippen molar-refractivity contribution in [3.8, 4) is 0 Å². The van der Waals surface area contributed by atoms with E-state index in [1.807, 2.05) is 4.90 Å². The number of nitrogens with zero attached hydrogens (tertiary/aromatic N) is 1. The molecule has 2 fully saturated rings. The number of nitrogens with two attached hydrogens (primary N) is 1. The molecular weight excluding hydrogens is 152 g/mol. The molecule has 0 bridgehead atoms. The van der Waals surface area contributed by atoms with Gasteiger partial charge in [0.05, 0.1) is 0 Å². The van der Waals surface area contributed by atoms with Gasteiger partial charge in [-0.1, -0.05) is 0 Å². The number of amides is 1. The third kappa shape index (κ3) is 1.33. The highest BCUT2D eigenvalue weighted by atomic mass is 16.2. The van der Waals surface area contributed by atoms with E-state index < -0.39 is 0 Å². The van der Waals surface area contributed by atoms with Gasteiger partial charge in [0, 0.05) is 24.9 Å². The first kappa shape index (κ1) is 8.05. The lowest BCUT2D eigenvalue weighted by Gasteiger charge is -2.21. The Morgan fingerprint density at radius 1 is 1.50 bits per heavy atom. The fourth-order valence-corrected chi connectivity index (χ4v) is 1.88. The van der Waals surface area contributed by atoms with Crippen molar-refractivity contribution in [3.05, 3.63) is 0 Å². The molecule has 1 heterocycles. The molecule has 3 heteroatoms. The molecule has 2 aliphatic rings. The standard InChI is InChI=1S/C9H16N2O/c10-6-9(3-4-9)7-11-5-1-2-8(11)12/h1-7,10H2. The first-order valence-corrected chi connectivity index (χ1v) is 4.74. The minimum atomic E-state index is 0.319. The normalized spacial score (nSPS) is 26.4. The molecule has 0 aromatic carbocycles. The number of hydrogen-bond donors (Lipinski definition) is 1. The second-order valence-corrected chi connectivity index (χ2v) is 4.12. The number of carbonyl (C=O) groups is 1. The lowest BCUT2D eigenvalue weighted by Crippen LogP contribution is -2.34. The zero-order chi connectivity index (χ0) is 8.60. The molecule has 3 nitrogen and oxygen atoms in total. The van der Waals surface area contributed by atoms with Crippen LogP contribution in [0, 0.1) is 5.41 Å². The second kappa shape index (κ2) is 2.73. The molecule has 2 N–H and O–H groups in total. The minimum absolute atomic E-state index is 0.319. The molecule has 1 aliphatic heterocycles.